The summed E-state index contributed by atoms with van der Waals surface area (Å²) in [5.74, 6) is -0.155. The first kappa shape index (κ1) is 33.4. The van der Waals surface area contributed by atoms with Crippen LogP contribution in [-0.4, -0.2) is 85.9 Å². The van der Waals surface area contributed by atoms with Crippen LogP contribution in [0.5, 0.6) is 0 Å². The molecule has 0 bridgehead atoms. The van der Waals surface area contributed by atoms with E-state index in [4.69, 9.17) is 9.47 Å². The lowest BCUT2D eigenvalue weighted by molar-refractivity contribution is 0.0342. The minimum atomic E-state index is -0.155. The maximum atomic E-state index is 14.1. The molecule has 2 fully saturated rings. The van der Waals surface area contributed by atoms with Crippen LogP contribution in [0.1, 0.15) is 70.6 Å². The van der Waals surface area contributed by atoms with Crippen LogP contribution < -0.4 is 15.8 Å². The van der Waals surface area contributed by atoms with Crippen molar-refractivity contribution in [2.75, 3.05) is 64.1 Å². The fourth-order valence-corrected chi connectivity index (χ4v) is 7.52. The Bertz CT molecular complexity index is 1610. The predicted octanol–water partition coefficient (Wildman–Crippen LogP) is 4.80. The Labute approximate surface area is 279 Å². The molecule has 47 heavy (non-hydrogen) atoms. The molecule has 2 aromatic carbocycles. The van der Waals surface area contributed by atoms with Gasteiger partial charge < -0.3 is 24.7 Å². The molecule has 0 unspecified atom stereocenters. The zero-order valence-corrected chi connectivity index (χ0v) is 28.6. The molecule has 0 spiro atoms. The fraction of sp³-hybridized carbons (Fsp3) is 0.526. The molecule has 9 nitrogen and oxygen atoms in total. The lowest BCUT2D eigenvalue weighted by Crippen LogP contribution is -2.40. The Hall–Kier alpha value is -3.50. The largest absolute Gasteiger partial charge is 0.381 e. The number of likely N-dealkylation sites (N-methyl/N-ethyl adjacent to an activating group) is 1. The number of anilines is 1. The number of ether oxygens (including phenoxy) is 2. The van der Waals surface area contributed by atoms with E-state index in [-0.39, 0.29) is 18.0 Å². The number of rotatable bonds is 10. The highest BCUT2D eigenvalue weighted by atomic mass is 16.5. The zero-order valence-electron chi connectivity index (χ0n) is 28.6. The van der Waals surface area contributed by atoms with Gasteiger partial charge in [0.2, 0.25) is 0 Å². The third-order valence-corrected chi connectivity index (χ3v) is 10.4. The first-order valence-electron chi connectivity index (χ1n) is 17.5. The number of carbonyl (C=O) groups is 1. The Kier molecular flexibility index (Phi) is 10.8. The van der Waals surface area contributed by atoms with Crippen LogP contribution in [0.2, 0.25) is 0 Å². The summed E-state index contributed by atoms with van der Waals surface area (Å²) in [6, 6.07) is 13.4. The van der Waals surface area contributed by atoms with Crippen molar-refractivity contribution in [1.82, 2.24) is 20.1 Å². The van der Waals surface area contributed by atoms with Crippen molar-refractivity contribution in [2.24, 2.45) is 0 Å². The number of pyridine rings is 1. The maximum Gasteiger partial charge on any atom is 0.253 e. The summed E-state index contributed by atoms with van der Waals surface area (Å²) in [5, 5.41) is 3.16. The van der Waals surface area contributed by atoms with Crippen molar-refractivity contribution in [2.45, 2.75) is 72.6 Å². The van der Waals surface area contributed by atoms with E-state index in [9.17, 15) is 9.59 Å². The molecule has 0 radical (unpaired) electrons. The average Bonchev–Trinajstić information content (AvgIpc) is 3.10. The Morgan fingerprint density at radius 2 is 1.66 bits per heavy atom. The molecule has 2 N–H and O–H groups in total. The summed E-state index contributed by atoms with van der Waals surface area (Å²) in [7, 11) is 0. The molecule has 0 saturated carbocycles. The molecular weight excluding hydrogens is 590 g/mol. The van der Waals surface area contributed by atoms with Gasteiger partial charge >= 0.3 is 0 Å². The molecule has 3 aliphatic heterocycles. The fourth-order valence-electron chi connectivity index (χ4n) is 7.52. The topological polar surface area (TPSA) is 90.1 Å². The van der Waals surface area contributed by atoms with Crippen molar-refractivity contribution in [3.63, 3.8) is 0 Å². The average molecular weight is 642 g/mol. The highest BCUT2D eigenvalue weighted by Crippen LogP contribution is 2.34. The summed E-state index contributed by atoms with van der Waals surface area (Å²) < 4.78 is 11.2. The van der Waals surface area contributed by atoms with Crippen molar-refractivity contribution in [3.05, 3.63) is 85.8 Å². The molecule has 3 aromatic rings. The van der Waals surface area contributed by atoms with E-state index >= 15 is 0 Å². The van der Waals surface area contributed by atoms with Crippen LogP contribution in [0.25, 0.3) is 11.1 Å². The number of nitrogens with zero attached hydrogens (tertiary/aromatic N) is 3. The second-order valence-corrected chi connectivity index (χ2v) is 13.2. The minimum absolute atomic E-state index is 0.105. The first-order chi connectivity index (χ1) is 22.9. The van der Waals surface area contributed by atoms with Crippen LogP contribution in [0.4, 0.5) is 5.69 Å². The quantitative estimate of drug-likeness (QED) is 0.329. The van der Waals surface area contributed by atoms with E-state index in [0.29, 0.717) is 17.2 Å². The van der Waals surface area contributed by atoms with Gasteiger partial charge in [-0.2, -0.15) is 0 Å². The smallest absolute Gasteiger partial charge is 0.253 e. The second-order valence-electron chi connectivity index (χ2n) is 13.2. The zero-order chi connectivity index (χ0) is 32.9. The van der Waals surface area contributed by atoms with Gasteiger partial charge in [-0.1, -0.05) is 31.2 Å². The second kappa shape index (κ2) is 15.2. The Morgan fingerprint density at radius 1 is 0.936 bits per heavy atom. The van der Waals surface area contributed by atoms with Crippen LogP contribution >= 0.6 is 0 Å². The number of nitrogens with one attached hydrogen (secondary N) is 2. The molecule has 0 aliphatic carbocycles. The molecule has 1 aromatic heterocycles. The van der Waals surface area contributed by atoms with E-state index < -0.39 is 0 Å². The molecular formula is C38H51N5O4. The van der Waals surface area contributed by atoms with Crippen molar-refractivity contribution >= 4 is 11.6 Å². The number of hydrogen-bond acceptors (Lipinski definition) is 7. The normalized spacial score (nSPS) is 17.8. The van der Waals surface area contributed by atoms with Crippen LogP contribution in [0.3, 0.4) is 0 Å². The first-order valence-corrected chi connectivity index (χ1v) is 17.5. The van der Waals surface area contributed by atoms with E-state index in [1.165, 1.54) is 11.1 Å². The van der Waals surface area contributed by atoms with Crippen molar-refractivity contribution in [3.8, 4) is 11.1 Å². The van der Waals surface area contributed by atoms with Gasteiger partial charge in [0.25, 0.3) is 11.5 Å². The van der Waals surface area contributed by atoms with E-state index in [0.717, 1.165) is 125 Å². The highest BCUT2D eigenvalue weighted by Gasteiger charge is 2.26. The third-order valence-electron chi connectivity index (χ3n) is 10.4. The van der Waals surface area contributed by atoms with E-state index in [1.54, 1.807) is 0 Å². The third kappa shape index (κ3) is 7.49. The number of fused-ring (bicyclic) bond motifs is 1. The van der Waals surface area contributed by atoms with Crippen LogP contribution in [-0.2, 0) is 35.5 Å². The lowest BCUT2D eigenvalue weighted by Gasteiger charge is -2.37. The number of H-pyrrole nitrogens is 1. The van der Waals surface area contributed by atoms with Gasteiger partial charge in [0.1, 0.15) is 0 Å². The molecule has 6 rings (SSSR count). The lowest BCUT2D eigenvalue weighted by atomic mass is 9.93. The SMILES string of the molecule is CCN1CCc2c(c(C)[nH]c(=O)c2CNC(=O)c2cc(-c3ccc(CN4CCOCC4)cc3)cc(N(CC)C3CCOCC3)c2C)C1. The molecule has 9 heteroatoms. The number of morpholine rings is 1. The number of hydrogen-bond donors (Lipinski definition) is 2. The molecule has 3 aliphatic rings. The molecule has 2 saturated heterocycles. The van der Waals surface area contributed by atoms with Crippen LogP contribution in [0, 0.1) is 13.8 Å². The van der Waals surface area contributed by atoms with E-state index in [1.807, 2.05) is 13.0 Å². The van der Waals surface area contributed by atoms with Crippen molar-refractivity contribution < 1.29 is 14.3 Å². The summed E-state index contributed by atoms with van der Waals surface area (Å²) in [5.41, 5.74) is 9.85. The number of amides is 1. The summed E-state index contributed by atoms with van der Waals surface area (Å²) in [4.78, 5) is 37.6. The maximum absolute atomic E-state index is 14.1. The molecule has 0 atom stereocenters. The summed E-state index contributed by atoms with van der Waals surface area (Å²) in [6.45, 7) is 18.0. The van der Waals surface area contributed by atoms with Gasteiger partial charge in [-0.3, -0.25) is 19.4 Å². The van der Waals surface area contributed by atoms with Crippen LogP contribution in [0.15, 0.2) is 41.2 Å². The van der Waals surface area contributed by atoms with E-state index in [2.05, 4.69) is 76.1 Å². The van der Waals surface area contributed by atoms with Crippen molar-refractivity contribution in [1.29, 1.82) is 0 Å². The summed E-state index contributed by atoms with van der Waals surface area (Å²) in [6.07, 6.45) is 2.74. The predicted molar refractivity (Wildman–Crippen MR) is 187 cm³/mol. The number of benzene rings is 2. The van der Waals surface area contributed by atoms with Gasteiger partial charge in [-0.25, -0.2) is 0 Å². The number of aryl methyl sites for hydroxylation is 1. The monoisotopic (exact) mass is 641 g/mol. The molecule has 252 valence electrons. The van der Waals surface area contributed by atoms with Gasteiger partial charge in [-0.15, -0.1) is 0 Å². The summed E-state index contributed by atoms with van der Waals surface area (Å²) >= 11 is 0. The Morgan fingerprint density at radius 3 is 2.36 bits per heavy atom. The highest BCUT2D eigenvalue weighted by molar-refractivity contribution is 5.99. The minimum Gasteiger partial charge on any atom is -0.381 e. The van der Waals surface area contributed by atoms with Gasteiger partial charge in [0.05, 0.1) is 13.2 Å². The number of carbonyl (C=O) groups excluding carboxylic acids is 1. The molecule has 1 amide bonds. The van der Waals surface area contributed by atoms with Gasteiger partial charge in [-0.05, 0) is 92.1 Å². The van der Waals surface area contributed by atoms with Gasteiger partial charge in [0.15, 0.2) is 0 Å². The molecule has 4 heterocycles. The standard InChI is InChI=1S/C38H51N5O4/c1-5-41-14-11-32-34(38(45)40-27(4)35(32)25-41)23-39-37(44)33-21-30(22-36(26(33)3)43(6-2)31-12-17-46-18-13-31)29-9-7-28(8-10-29)24-42-15-19-47-20-16-42/h7-10,21-22,31H,5-6,11-20,23-25H2,1-4H3,(H,39,44)(H,40,45). The number of aromatic amines is 1. The Balaban J connectivity index is 1.31. The van der Waals surface area contributed by atoms with Gasteiger partial charge in [0, 0.05) is 87.6 Å². The number of aromatic nitrogens is 1.